The maximum atomic E-state index is 12.6. The number of hydrogen-bond donors (Lipinski definition) is 0. The number of anilines is 1. The van der Waals surface area contributed by atoms with Crippen LogP contribution in [0.1, 0.15) is 42.3 Å². The summed E-state index contributed by atoms with van der Waals surface area (Å²) < 4.78 is 0. The van der Waals surface area contributed by atoms with E-state index in [9.17, 15) is 4.79 Å². The van der Waals surface area contributed by atoms with E-state index < -0.39 is 0 Å². The largest absolute Gasteiger partial charge is 0.349 e. The highest BCUT2D eigenvalue weighted by atomic mass is 32.1. The lowest BCUT2D eigenvalue weighted by Crippen LogP contribution is -2.54. The molecule has 0 aromatic carbocycles. The number of amides is 1. The van der Waals surface area contributed by atoms with Crippen LogP contribution in [-0.2, 0) is 11.2 Å². The van der Waals surface area contributed by atoms with E-state index in [2.05, 4.69) is 40.9 Å². The molecule has 0 saturated carbocycles. The van der Waals surface area contributed by atoms with E-state index in [4.69, 9.17) is 0 Å². The molecule has 25 heavy (non-hydrogen) atoms. The predicted octanol–water partition coefficient (Wildman–Crippen LogP) is 2.64. The molecular formula is C18H25N5OS. The van der Waals surface area contributed by atoms with Crippen LogP contribution in [0, 0.1) is 6.92 Å². The second-order valence-corrected chi connectivity index (χ2v) is 8.05. The molecule has 2 aromatic rings. The van der Waals surface area contributed by atoms with Crippen molar-refractivity contribution in [2.75, 3.05) is 24.5 Å². The Labute approximate surface area is 152 Å². The number of carbonyl (C=O) groups is 1. The van der Waals surface area contributed by atoms with E-state index in [0.717, 1.165) is 23.1 Å². The number of thiazole rings is 1. The number of nitrogens with zero attached hydrogens (tertiary/aromatic N) is 5. The van der Waals surface area contributed by atoms with Crippen LogP contribution in [0.4, 0.5) is 5.82 Å². The molecule has 3 heterocycles. The molecule has 1 saturated heterocycles. The summed E-state index contributed by atoms with van der Waals surface area (Å²) >= 11 is 1.65. The van der Waals surface area contributed by atoms with Crippen LogP contribution in [0.15, 0.2) is 18.3 Å². The smallest absolute Gasteiger partial charge is 0.229 e. The molecule has 1 aliphatic heterocycles. The monoisotopic (exact) mass is 359 g/mol. The fourth-order valence-corrected chi connectivity index (χ4v) is 3.90. The van der Waals surface area contributed by atoms with Crippen LogP contribution in [0.25, 0.3) is 0 Å². The fraction of sp³-hybridized carbons (Fsp3) is 0.556. The summed E-state index contributed by atoms with van der Waals surface area (Å²) in [6, 6.07) is 4.19. The van der Waals surface area contributed by atoms with Gasteiger partial charge in [-0.3, -0.25) is 4.79 Å². The van der Waals surface area contributed by atoms with Gasteiger partial charge in [0, 0.05) is 36.8 Å². The van der Waals surface area contributed by atoms with Crippen molar-refractivity contribution in [3.8, 4) is 0 Å². The zero-order valence-corrected chi connectivity index (χ0v) is 16.1. The standard InChI is InChI=1S/C18H25N5OS/c1-12(2)15-10-19-17(25-15)9-18(24)22-7-8-23(14(4)11-22)16-6-5-13(3)20-21-16/h5-6,10,12,14H,7-9,11H2,1-4H3/t14-/m1/s1. The number of piperazine rings is 1. The second kappa shape index (κ2) is 7.47. The molecule has 0 unspecified atom stereocenters. The Morgan fingerprint density at radius 2 is 2.12 bits per heavy atom. The lowest BCUT2D eigenvalue weighted by molar-refractivity contribution is -0.131. The number of hydrogen-bond acceptors (Lipinski definition) is 6. The van der Waals surface area contributed by atoms with Crippen LogP contribution in [0.5, 0.6) is 0 Å². The van der Waals surface area contributed by atoms with Gasteiger partial charge in [0.25, 0.3) is 0 Å². The molecule has 0 spiro atoms. The Morgan fingerprint density at radius 1 is 1.32 bits per heavy atom. The predicted molar refractivity (Wildman–Crippen MR) is 100 cm³/mol. The van der Waals surface area contributed by atoms with Gasteiger partial charge in [-0.25, -0.2) is 4.98 Å². The van der Waals surface area contributed by atoms with Gasteiger partial charge < -0.3 is 9.80 Å². The Kier molecular flexibility index (Phi) is 5.32. The average Bonchev–Trinajstić information content (AvgIpc) is 3.04. The SMILES string of the molecule is Cc1ccc(N2CCN(C(=O)Cc3ncc(C(C)C)s3)C[C@H]2C)nn1. The summed E-state index contributed by atoms with van der Waals surface area (Å²) in [6.07, 6.45) is 2.29. The van der Waals surface area contributed by atoms with Crippen molar-refractivity contribution in [2.24, 2.45) is 0 Å². The van der Waals surface area contributed by atoms with Crippen molar-refractivity contribution >= 4 is 23.1 Å². The lowest BCUT2D eigenvalue weighted by Gasteiger charge is -2.40. The molecule has 1 amide bonds. The van der Waals surface area contributed by atoms with Crippen LogP contribution in [-0.4, -0.2) is 51.7 Å². The van der Waals surface area contributed by atoms with Crippen molar-refractivity contribution in [3.05, 3.63) is 33.9 Å². The molecule has 134 valence electrons. The first-order chi connectivity index (χ1) is 11.9. The summed E-state index contributed by atoms with van der Waals surface area (Å²) in [5, 5.41) is 9.32. The second-order valence-electron chi connectivity index (χ2n) is 6.90. The molecule has 1 atom stereocenters. The van der Waals surface area contributed by atoms with Gasteiger partial charge in [0.1, 0.15) is 5.01 Å². The van der Waals surface area contributed by atoms with E-state index >= 15 is 0 Å². The first-order valence-electron chi connectivity index (χ1n) is 8.73. The van der Waals surface area contributed by atoms with Crippen LogP contribution >= 0.6 is 11.3 Å². The van der Waals surface area contributed by atoms with Crippen LogP contribution in [0.3, 0.4) is 0 Å². The van der Waals surface area contributed by atoms with E-state index in [1.165, 1.54) is 4.88 Å². The van der Waals surface area contributed by atoms with Gasteiger partial charge in [0.2, 0.25) is 5.91 Å². The van der Waals surface area contributed by atoms with Gasteiger partial charge in [0.05, 0.1) is 12.1 Å². The maximum Gasteiger partial charge on any atom is 0.229 e. The van der Waals surface area contributed by atoms with E-state index in [1.807, 2.05) is 30.2 Å². The molecule has 3 rings (SSSR count). The summed E-state index contributed by atoms with van der Waals surface area (Å²) in [4.78, 5) is 22.4. The van der Waals surface area contributed by atoms with Crippen molar-refractivity contribution in [1.82, 2.24) is 20.1 Å². The normalized spacial score (nSPS) is 18.0. The van der Waals surface area contributed by atoms with Gasteiger partial charge in [0.15, 0.2) is 5.82 Å². The molecule has 0 aliphatic carbocycles. The molecular weight excluding hydrogens is 334 g/mol. The molecule has 2 aromatic heterocycles. The molecule has 0 radical (unpaired) electrons. The third-order valence-corrected chi connectivity index (χ3v) is 5.80. The van der Waals surface area contributed by atoms with Crippen molar-refractivity contribution in [3.63, 3.8) is 0 Å². The Balaban J connectivity index is 1.59. The first-order valence-corrected chi connectivity index (χ1v) is 9.55. The molecule has 6 nitrogen and oxygen atoms in total. The fourth-order valence-electron chi connectivity index (χ4n) is 2.98. The van der Waals surface area contributed by atoms with Gasteiger partial charge in [-0.1, -0.05) is 13.8 Å². The molecule has 0 bridgehead atoms. The molecule has 1 aliphatic rings. The summed E-state index contributed by atoms with van der Waals surface area (Å²) in [5.74, 6) is 1.50. The van der Waals surface area contributed by atoms with Gasteiger partial charge in [-0.05, 0) is 31.9 Å². The Bertz CT molecular complexity index is 727. The number of rotatable bonds is 4. The van der Waals surface area contributed by atoms with E-state index in [1.54, 1.807) is 11.3 Å². The van der Waals surface area contributed by atoms with Crippen molar-refractivity contribution < 1.29 is 4.79 Å². The minimum atomic E-state index is 0.158. The highest BCUT2D eigenvalue weighted by Crippen LogP contribution is 2.23. The summed E-state index contributed by atoms with van der Waals surface area (Å²) in [5.41, 5.74) is 0.912. The van der Waals surface area contributed by atoms with Gasteiger partial charge in [-0.2, -0.15) is 5.10 Å². The third-order valence-electron chi connectivity index (χ3n) is 4.50. The molecule has 7 heteroatoms. The maximum absolute atomic E-state index is 12.6. The average molecular weight is 359 g/mol. The van der Waals surface area contributed by atoms with E-state index in [0.29, 0.717) is 25.4 Å². The van der Waals surface area contributed by atoms with Crippen LogP contribution in [0.2, 0.25) is 0 Å². The van der Waals surface area contributed by atoms with Gasteiger partial charge >= 0.3 is 0 Å². The highest BCUT2D eigenvalue weighted by Gasteiger charge is 2.28. The number of carbonyl (C=O) groups excluding carboxylic acids is 1. The topological polar surface area (TPSA) is 62.2 Å². The Hall–Kier alpha value is -2.02. The van der Waals surface area contributed by atoms with Crippen molar-refractivity contribution in [2.45, 2.75) is 46.1 Å². The zero-order valence-electron chi connectivity index (χ0n) is 15.3. The minimum Gasteiger partial charge on any atom is -0.349 e. The zero-order chi connectivity index (χ0) is 18.0. The quantitative estimate of drug-likeness (QED) is 0.840. The number of aryl methyl sites for hydroxylation is 1. The lowest BCUT2D eigenvalue weighted by atomic mass is 10.1. The highest BCUT2D eigenvalue weighted by molar-refractivity contribution is 7.11. The third kappa shape index (κ3) is 4.15. The van der Waals surface area contributed by atoms with Crippen molar-refractivity contribution in [1.29, 1.82) is 0 Å². The van der Waals surface area contributed by atoms with Crippen LogP contribution < -0.4 is 4.90 Å². The minimum absolute atomic E-state index is 0.158. The molecule has 1 fully saturated rings. The van der Waals surface area contributed by atoms with E-state index in [-0.39, 0.29) is 11.9 Å². The molecule has 0 N–H and O–H groups in total. The van der Waals surface area contributed by atoms with Gasteiger partial charge in [-0.15, -0.1) is 16.4 Å². The summed E-state index contributed by atoms with van der Waals surface area (Å²) in [6.45, 7) is 10.5. The Morgan fingerprint density at radius 3 is 2.72 bits per heavy atom. The first kappa shape index (κ1) is 17.8. The number of aromatic nitrogens is 3. The summed E-state index contributed by atoms with van der Waals surface area (Å²) in [7, 11) is 0.